The van der Waals surface area contributed by atoms with Crippen LogP contribution >= 0.6 is 11.6 Å². The second-order valence-corrected chi connectivity index (χ2v) is 5.66. The Hall–Kier alpha value is -2.43. The van der Waals surface area contributed by atoms with E-state index < -0.39 is 0 Å². The van der Waals surface area contributed by atoms with E-state index in [9.17, 15) is 9.59 Å². The van der Waals surface area contributed by atoms with E-state index in [2.05, 4.69) is 4.98 Å². The number of rotatable bonds is 4. The van der Waals surface area contributed by atoms with Gasteiger partial charge in [0.1, 0.15) is 0 Å². The van der Waals surface area contributed by atoms with E-state index in [1.165, 1.54) is 6.20 Å². The van der Waals surface area contributed by atoms with Gasteiger partial charge in [-0.05, 0) is 48.2 Å². The van der Waals surface area contributed by atoms with Crippen molar-refractivity contribution in [1.82, 2.24) is 4.98 Å². The van der Waals surface area contributed by atoms with Crippen LogP contribution in [0.1, 0.15) is 21.5 Å². The molecule has 1 aromatic heterocycles. The lowest BCUT2D eigenvalue weighted by molar-refractivity contribution is 0.104. The fourth-order valence-electron chi connectivity index (χ4n) is 2.63. The summed E-state index contributed by atoms with van der Waals surface area (Å²) in [6, 6.07) is 12.1. The molecule has 3 rings (SSSR count). The highest BCUT2D eigenvalue weighted by atomic mass is 35.5. The minimum Gasteiger partial charge on any atom is -0.330 e. The lowest BCUT2D eigenvalue weighted by atomic mass is 9.97. The van der Waals surface area contributed by atoms with Crippen LogP contribution in [0.3, 0.4) is 0 Å². The number of H-pyrrole nitrogens is 1. The number of hydrogen-bond donors (Lipinski definition) is 2. The van der Waals surface area contributed by atoms with Gasteiger partial charge in [-0.15, -0.1) is 0 Å². The molecule has 0 saturated carbocycles. The first-order valence-electron chi connectivity index (χ1n) is 7.25. The molecule has 2 aromatic carbocycles. The third-order valence-electron chi connectivity index (χ3n) is 3.77. The molecule has 23 heavy (non-hydrogen) atoms. The topological polar surface area (TPSA) is 76.0 Å². The highest BCUT2D eigenvalue weighted by Gasteiger charge is 2.16. The number of benzene rings is 2. The maximum atomic E-state index is 12.8. The number of nitrogens with two attached hydrogens (primary N) is 1. The van der Waals surface area contributed by atoms with Gasteiger partial charge in [0.15, 0.2) is 5.78 Å². The Bertz CT molecular complexity index is 947. The van der Waals surface area contributed by atoms with Crippen molar-refractivity contribution in [2.24, 2.45) is 5.73 Å². The minimum atomic E-state index is -0.221. The van der Waals surface area contributed by atoms with Crippen molar-refractivity contribution in [3.63, 3.8) is 0 Å². The molecule has 3 N–H and O–H groups in total. The monoisotopic (exact) mass is 326 g/mol. The predicted molar refractivity (Wildman–Crippen MR) is 92.2 cm³/mol. The fourth-order valence-corrected chi connectivity index (χ4v) is 2.92. The number of ketones is 1. The summed E-state index contributed by atoms with van der Waals surface area (Å²) in [5.41, 5.74) is 7.18. The average molecular weight is 327 g/mol. The molecule has 0 atom stereocenters. The third kappa shape index (κ3) is 2.91. The average Bonchev–Trinajstić information content (AvgIpc) is 2.55. The van der Waals surface area contributed by atoms with Gasteiger partial charge in [0.25, 0.3) is 5.56 Å². The molecule has 0 spiro atoms. The molecular weight excluding hydrogens is 312 g/mol. The minimum absolute atomic E-state index is 0.203. The molecule has 4 nitrogen and oxygen atoms in total. The first kappa shape index (κ1) is 15.5. The van der Waals surface area contributed by atoms with Gasteiger partial charge in [-0.2, -0.15) is 0 Å². The number of fused-ring (bicyclic) bond motifs is 1. The normalized spacial score (nSPS) is 10.9. The Balaban J connectivity index is 2.11. The molecular formula is C18H15ClN2O2. The quantitative estimate of drug-likeness (QED) is 0.724. The molecule has 0 radical (unpaired) electrons. The van der Waals surface area contributed by atoms with Crippen LogP contribution in [0.15, 0.2) is 53.5 Å². The molecule has 0 aliphatic rings. The first-order chi connectivity index (χ1) is 11.1. The van der Waals surface area contributed by atoms with Crippen molar-refractivity contribution in [3.8, 4) is 0 Å². The molecule has 0 fully saturated rings. The molecule has 0 aliphatic carbocycles. The second-order valence-electron chi connectivity index (χ2n) is 5.26. The van der Waals surface area contributed by atoms with Crippen molar-refractivity contribution in [2.75, 3.05) is 6.54 Å². The van der Waals surface area contributed by atoms with Crippen LogP contribution < -0.4 is 11.3 Å². The molecule has 116 valence electrons. The maximum absolute atomic E-state index is 12.8. The summed E-state index contributed by atoms with van der Waals surface area (Å²) in [6.45, 7) is 0.524. The van der Waals surface area contributed by atoms with Gasteiger partial charge in [-0.1, -0.05) is 29.8 Å². The summed E-state index contributed by atoms with van der Waals surface area (Å²) >= 11 is 6.26. The van der Waals surface area contributed by atoms with Crippen molar-refractivity contribution >= 4 is 28.2 Å². The molecule has 5 heteroatoms. The number of carbonyl (C=O) groups is 1. The van der Waals surface area contributed by atoms with Crippen LogP contribution in [0.5, 0.6) is 0 Å². The van der Waals surface area contributed by atoms with Gasteiger partial charge in [-0.3, -0.25) is 9.59 Å². The molecule has 0 saturated heterocycles. The Morgan fingerprint density at radius 1 is 1.09 bits per heavy atom. The lowest BCUT2D eigenvalue weighted by Crippen LogP contribution is -2.09. The molecule has 0 aliphatic heterocycles. The van der Waals surface area contributed by atoms with Gasteiger partial charge in [0.2, 0.25) is 0 Å². The van der Waals surface area contributed by atoms with Crippen molar-refractivity contribution < 1.29 is 4.79 Å². The number of aromatic amines is 1. The molecule has 0 amide bonds. The Kier molecular flexibility index (Phi) is 4.28. The number of aromatic nitrogens is 1. The van der Waals surface area contributed by atoms with Gasteiger partial charge < -0.3 is 10.7 Å². The summed E-state index contributed by atoms with van der Waals surface area (Å²) in [4.78, 5) is 27.3. The summed E-state index contributed by atoms with van der Waals surface area (Å²) in [7, 11) is 0. The molecule has 0 bridgehead atoms. The van der Waals surface area contributed by atoms with Crippen LogP contribution in [0, 0.1) is 0 Å². The van der Waals surface area contributed by atoms with E-state index in [1.807, 2.05) is 6.07 Å². The maximum Gasteiger partial charge on any atom is 0.255 e. The van der Waals surface area contributed by atoms with Gasteiger partial charge in [0, 0.05) is 22.7 Å². The van der Waals surface area contributed by atoms with Gasteiger partial charge in [-0.25, -0.2) is 0 Å². The molecule has 1 heterocycles. The van der Waals surface area contributed by atoms with Crippen LogP contribution in [0.25, 0.3) is 10.8 Å². The Labute approximate surface area is 137 Å². The van der Waals surface area contributed by atoms with Crippen LogP contribution in [0.4, 0.5) is 0 Å². The summed E-state index contributed by atoms with van der Waals surface area (Å²) in [6.07, 6.45) is 2.24. The first-order valence-corrected chi connectivity index (χ1v) is 7.63. The van der Waals surface area contributed by atoms with Crippen molar-refractivity contribution in [1.29, 1.82) is 0 Å². The number of nitrogens with one attached hydrogen (secondary N) is 1. The van der Waals surface area contributed by atoms with Crippen molar-refractivity contribution in [2.45, 2.75) is 6.42 Å². The number of halogens is 1. The zero-order valence-corrected chi connectivity index (χ0v) is 13.1. The lowest BCUT2D eigenvalue weighted by Gasteiger charge is -2.08. The van der Waals surface area contributed by atoms with E-state index in [1.54, 1.807) is 36.4 Å². The molecule has 3 aromatic rings. The Morgan fingerprint density at radius 3 is 2.65 bits per heavy atom. The van der Waals surface area contributed by atoms with E-state index in [-0.39, 0.29) is 11.3 Å². The number of hydrogen-bond acceptors (Lipinski definition) is 3. The molecule has 0 unspecified atom stereocenters. The summed E-state index contributed by atoms with van der Waals surface area (Å²) < 4.78 is 0. The van der Waals surface area contributed by atoms with E-state index in [0.29, 0.717) is 39.9 Å². The zero-order valence-electron chi connectivity index (χ0n) is 12.3. The van der Waals surface area contributed by atoms with Crippen LogP contribution in [0.2, 0.25) is 5.02 Å². The highest BCUT2D eigenvalue weighted by molar-refractivity contribution is 6.35. The summed E-state index contributed by atoms with van der Waals surface area (Å²) in [5, 5.41) is 1.49. The summed E-state index contributed by atoms with van der Waals surface area (Å²) in [5.74, 6) is -0.203. The second kappa shape index (κ2) is 6.36. The zero-order chi connectivity index (χ0) is 16.4. The third-order valence-corrected chi connectivity index (χ3v) is 4.08. The van der Waals surface area contributed by atoms with Crippen molar-refractivity contribution in [3.05, 3.63) is 80.7 Å². The SMILES string of the molecule is NCCc1ccc(C(=O)c2cccc3c(=O)[nH]ccc23)c(Cl)c1. The largest absolute Gasteiger partial charge is 0.330 e. The van der Waals surface area contributed by atoms with E-state index in [0.717, 1.165) is 5.56 Å². The fraction of sp³-hybridized carbons (Fsp3) is 0.111. The van der Waals surface area contributed by atoms with Crippen LogP contribution in [-0.2, 0) is 6.42 Å². The van der Waals surface area contributed by atoms with E-state index >= 15 is 0 Å². The van der Waals surface area contributed by atoms with Crippen LogP contribution in [-0.4, -0.2) is 17.3 Å². The van der Waals surface area contributed by atoms with E-state index in [4.69, 9.17) is 17.3 Å². The predicted octanol–water partition coefficient (Wildman–Crippen LogP) is 2.91. The smallest absolute Gasteiger partial charge is 0.255 e. The highest BCUT2D eigenvalue weighted by Crippen LogP contribution is 2.24. The van der Waals surface area contributed by atoms with Gasteiger partial charge in [0.05, 0.1) is 5.02 Å². The van der Waals surface area contributed by atoms with Gasteiger partial charge >= 0.3 is 0 Å². The standard InChI is InChI=1S/C18H15ClN2O2/c19-16-10-11(6-8-20)4-5-15(16)17(22)13-2-1-3-14-12(13)7-9-21-18(14)23/h1-5,7,9-10H,6,8,20H2,(H,21,23). The number of pyridine rings is 1. The Morgan fingerprint density at radius 2 is 1.91 bits per heavy atom. The number of carbonyl (C=O) groups excluding carboxylic acids is 1.